The molecule has 108 valence electrons. The third kappa shape index (κ3) is 3.11. The zero-order valence-electron chi connectivity index (χ0n) is 11.6. The smallest absolute Gasteiger partial charge is 0.138 e. The molecular weight excluding hydrogens is 268 g/mol. The molecule has 21 heavy (non-hydrogen) atoms. The highest BCUT2D eigenvalue weighted by atomic mass is 16.3. The van der Waals surface area contributed by atoms with Gasteiger partial charge in [0.2, 0.25) is 0 Å². The number of aliphatic hydroxyl groups excluding tert-OH is 1. The van der Waals surface area contributed by atoms with Crippen LogP contribution in [0, 0.1) is 0 Å². The standard InChI is InChI=1S/C15H16N4O2/c1-11(20)12-2-4-13(5-3-12)15-7-6-14(21-15)8-18-19-9-16-17-10-19/h2-7,9-11,18,20H,8H2,1H3/t11-/m1/s1. The summed E-state index contributed by atoms with van der Waals surface area (Å²) in [5.74, 6) is 1.62. The molecule has 2 heterocycles. The second kappa shape index (κ2) is 5.80. The summed E-state index contributed by atoms with van der Waals surface area (Å²) in [6.07, 6.45) is 2.70. The Hall–Kier alpha value is -2.60. The van der Waals surface area contributed by atoms with Crippen LogP contribution in [0.3, 0.4) is 0 Å². The maximum absolute atomic E-state index is 9.51. The topological polar surface area (TPSA) is 76.1 Å². The Morgan fingerprint density at radius 3 is 2.52 bits per heavy atom. The normalized spacial score (nSPS) is 12.3. The summed E-state index contributed by atoms with van der Waals surface area (Å²) in [5.41, 5.74) is 4.96. The highest BCUT2D eigenvalue weighted by molar-refractivity contribution is 5.58. The van der Waals surface area contributed by atoms with Gasteiger partial charge in [0.05, 0.1) is 12.6 Å². The van der Waals surface area contributed by atoms with Gasteiger partial charge in [-0.05, 0) is 24.6 Å². The number of hydrogen-bond acceptors (Lipinski definition) is 5. The van der Waals surface area contributed by atoms with Crippen molar-refractivity contribution in [2.75, 3.05) is 5.43 Å². The van der Waals surface area contributed by atoms with Crippen molar-refractivity contribution in [1.29, 1.82) is 0 Å². The van der Waals surface area contributed by atoms with E-state index < -0.39 is 6.10 Å². The van der Waals surface area contributed by atoms with Gasteiger partial charge in [-0.15, -0.1) is 10.2 Å². The molecule has 6 nitrogen and oxygen atoms in total. The third-order valence-electron chi connectivity index (χ3n) is 3.19. The first-order valence-corrected chi connectivity index (χ1v) is 6.68. The maximum Gasteiger partial charge on any atom is 0.138 e. The van der Waals surface area contributed by atoms with E-state index in [9.17, 15) is 5.11 Å². The molecule has 3 rings (SSSR count). The maximum atomic E-state index is 9.51. The van der Waals surface area contributed by atoms with E-state index >= 15 is 0 Å². The van der Waals surface area contributed by atoms with Crippen molar-refractivity contribution in [2.45, 2.75) is 19.6 Å². The lowest BCUT2D eigenvalue weighted by atomic mass is 10.1. The Morgan fingerprint density at radius 2 is 1.86 bits per heavy atom. The Labute approximate surface area is 122 Å². The molecule has 0 spiro atoms. The molecule has 3 aromatic rings. The van der Waals surface area contributed by atoms with Crippen LogP contribution in [0.25, 0.3) is 11.3 Å². The van der Waals surface area contributed by atoms with E-state index in [1.54, 1.807) is 24.3 Å². The van der Waals surface area contributed by atoms with Crippen LogP contribution in [0.5, 0.6) is 0 Å². The molecule has 0 saturated carbocycles. The molecule has 2 N–H and O–H groups in total. The molecule has 1 atom stereocenters. The lowest BCUT2D eigenvalue weighted by Gasteiger charge is -2.05. The molecule has 0 fully saturated rings. The Bertz CT molecular complexity index is 687. The van der Waals surface area contributed by atoms with Gasteiger partial charge in [0.15, 0.2) is 0 Å². The van der Waals surface area contributed by atoms with Crippen LogP contribution in [0.15, 0.2) is 53.5 Å². The predicted octanol–water partition coefficient (Wildman–Crippen LogP) is 2.34. The molecule has 2 aromatic heterocycles. The average molecular weight is 284 g/mol. The molecule has 0 amide bonds. The fourth-order valence-corrected chi connectivity index (χ4v) is 2.01. The molecule has 0 aliphatic rings. The minimum Gasteiger partial charge on any atom is -0.459 e. The van der Waals surface area contributed by atoms with Crippen LogP contribution in [0.1, 0.15) is 24.4 Å². The third-order valence-corrected chi connectivity index (χ3v) is 3.19. The molecule has 0 saturated heterocycles. The minimum atomic E-state index is -0.459. The van der Waals surface area contributed by atoms with Crippen LogP contribution >= 0.6 is 0 Å². The van der Waals surface area contributed by atoms with Gasteiger partial charge in [-0.25, -0.2) is 4.68 Å². The largest absolute Gasteiger partial charge is 0.459 e. The fraction of sp³-hybridized carbons (Fsp3) is 0.200. The quantitative estimate of drug-likeness (QED) is 0.752. The SMILES string of the molecule is C[C@@H](O)c1ccc(-c2ccc(CNn3cnnc3)o2)cc1. The first kappa shape index (κ1) is 13.4. The van der Waals surface area contributed by atoms with Gasteiger partial charge in [-0.3, -0.25) is 0 Å². The van der Waals surface area contributed by atoms with Crippen LogP contribution < -0.4 is 5.43 Å². The number of benzene rings is 1. The van der Waals surface area contributed by atoms with Gasteiger partial charge in [0, 0.05) is 5.56 Å². The van der Waals surface area contributed by atoms with E-state index in [-0.39, 0.29) is 0 Å². The van der Waals surface area contributed by atoms with Gasteiger partial charge >= 0.3 is 0 Å². The number of nitrogens with zero attached hydrogens (tertiary/aromatic N) is 3. The van der Waals surface area contributed by atoms with E-state index in [4.69, 9.17) is 4.42 Å². The number of aromatic nitrogens is 3. The molecule has 0 bridgehead atoms. The van der Waals surface area contributed by atoms with Crippen LogP contribution in [-0.2, 0) is 6.54 Å². The second-order valence-corrected chi connectivity index (χ2v) is 4.77. The highest BCUT2D eigenvalue weighted by Gasteiger charge is 2.06. The second-order valence-electron chi connectivity index (χ2n) is 4.77. The monoisotopic (exact) mass is 284 g/mol. The summed E-state index contributed by atoms with van der Waals surface area (Å²) in [6.45, 7) is 2.29. The molecule has 6 heteroatoms. The average Bonchev–Trinajstić information content (AvgIpc) is 3.17. The van der Waals surface area contributed by atoms with Crippen molar-refractivity contribution in [2.24, 2.45) is 0 Å². The van der Waals surface area contributed by atoms with Gasteiger partial charge in [-0.2, -0.15) is 0 Å². The van der Waals surface area contributed by atoms with E-state index in [0.717, 1.165) is 22.6 Å². The van der Waals surface area contributed by atoms with E-state index in [1.165, 1.54) is 0 Å². The van der Waals surface area contributed by atoms with Crippen molar-refractivity contribution in [3.05, 3.63) is 60.4 Å². The summed E-state index contributed by atoms with van der Waals surface area (Å²) < 4.78 is 7.46. The fourth-order valence-electron chi connectivity index (χ4n) is 2.01. The van der Waals surface area contributed by atoms with Crippen LogP contribution in [0.4, 0.5) is 0 Å². The Kier molecular flexibility index (Phi) is 3.70. The van der Waals surface area contributed by atoms with Crippen molar-refractivity contribution in [1.82, 2.24) is 14.9 Å². The highest BCUT2D eigenvalue weighted by Crippen LogP contribution is 2.24. The number of hydrogen-bond donors (Lipinski definition) is 2. The first-order chi connectivity index (χ1) is 10.2. The molecule has 0 aliphatic carbocycles. The van der Waals surface area contributed by atoms with E-state index in [1.807, 2.05) is 36.4 Å². The zero-order chi connectivity index (χ0) is 14.7. The number of nitrogens with one attached hydrogen (secondary N) is 1. The van der Waals surface area contributed by atoms with Crippen molar-refractivity contribution in [3.63, 3.8) is 0 Å². The van der Waals surface area contributed by atoms with Gasteiger partial charge in [-0.1, -0.05) is 24.3 Å². The molecule has 0 aliphatic heterocycles. The summed E-state index contributed by atoms with van der Waals surface area (Å²) in [6, 6.07) is 11.5. The Balaban J connectivity index is 1.69. The van der Waals surface area contributed by atoms with Crippen LogP contribution in [-0.4, -0.2) is 20.0 Å². The molecule has 0 unspecified atom stereocenters. The Morgan fingerprint density at radius 1 is 1.14 bits per heavy atom. The van der Waals surface area contributed by atoms with Gasteiger partial charge in [0.1, 0.15) is 24.2 Å². The van der Waals surface area contributed by atoms with Crippen molar-refractivity contribution in [3.8, 4) is 11.3 Å². The lowest BCUT2D eigenvalue weighted by Crippen LogP contribution is -2.11. The lowest BCUT2D eigenvalue weighted by molar-refractivity contribution is 0.199. The summed E-state index contributed by atoms with van der Waals surface area (Å²) in [7, 11) is 0. The van der Waals surface area contributed by atoms with E-state index in [0.29, 0.717) is 6.54 Å². The number of furan rings is 1. The van der Waals surface area contributed by atoms with Gasteiger partial charge < -0.3 is 14.9 Å². The van der Waals surface area contributed by atoms with E-state index in [2.05, 4.69) is 15.6 Å². The molecule has 1 aromatic carbocycles. The van der Waals surface area contributed by atoms with Crippen molar-refractivity contribution < 1.29 is 9.52 Å². The number of rotatable bonds is 5. The van der Waals surface area contributed by atoms with Crippen molar-refractivity contribution >= 4 is 0 Å². The summed E-state index contributed by atoms with van der Waals surface area (Å²) >= 11 is 0. The zero-order valence-corrected chi connectivity index (χ0v) is 11.6. The summed E-state index contributed by atoms with van der Waals surface area (Å²) in [5, 5.41) is 16.9. The van der Waals surface area contributed by atoms with Gasteiger partial charge in [0.25, 0.3) is 0 Å². The van der Waals surface area contributed by atoms with Crippen LogP contribution in [0.2, 0.25) is 0 Å². The molecular formula is C15H16N4O2. The number of aliphatic hydroxyl groups is 1. The predicted molar refractivity (Wildman–Crippen MR) is 77.9 cm³/mol. The minimum absolute atomic E-state index is 0.459. The molecule has 0 radical (unpaired) electrons. The summed E-state index contributed by atoms with van der Waals surface area (Å²) in [4.78, 5) is 0. The first-order valence-electron chi connectivity index (χ1n) is 6.68.